The summed E-state index contributed by atoms with van der Waals surface area (Å²) in [6.07, 6.45) is 1.00. The van der Waals surface area contributed by atoms with E-state index in [1.807, 2.05) is 60.0 Å². The third kappa shape index (κ3) is 7.78. The standard InChI is InChI=1S/C22H27N5OS.BrH/c1-27(2)13-6-14-28-19-11-9-18(10-12-19)20-16-29-22(25-20)26-21(23)24-15-17-7-4-3-5-8-17;/h3-5,7-12,16H,6,13-15H2,1-2H3,(H3,23,24,25,26);1H. The summed E-state index contributed by atoms with van der Waals surface area (Å²) in [5.74, 6) is 1.23. The van der Waals surface area contributed by atoms with Gasteiger partial charge in [0, 0.05) is 17.5 Å². The van der Waals surface area contributed by atoms with Crippen molar-refractivity contribution >= 4 is 39.4 Å². The van der Waals surface area contributed by atoms with Gasteiger partial charge in [-0.25, -0.2) is 9.98 Å². The van der Waals surface area contributed by atoms with Crippen molar-refractivity contribution in [3.63, 3.8) is 0 Å². The fraction of sp³-hybridized carbons (Fsp3) is 0.273. The number of hydrogen-bond donors (Lipinski definition) is 2. The largest absolute Gasteiger partial charge is 0.494 e. The maximum absolute atomic E-state index is 5.98. The number of hydrogen-bond acceptors (Lipinski definition) is 5. The molecule has 0 bridgehead atoms. The Morgan fingerprint density at radius 3 is 2.57 bits per heavy atom. The van der Waals surface area contributed by atoms with E-state index in [0.717, 1.165) is 40.7 Å². The normalized spacial score (nSPS) is 11.2. The van der Waals surface area contributed by atoms with E-state index in [2.05, 4.69) is 34.3 Å². The smallest absolute Gasteiger partial charge is 0.195 e. The molecule has 0 aliphatic heterocycles. The number of aliphatic imine (C=N–C) groups is 1. The highest BCUT2D eigenvalue weighted by molar-refractivity contribution is 8.93. The zero-order valence-corrected chi connectivity index (χ0v) is 19.8. The van der Waals surface area contributed by atoms with Crippen LogP contribution >= 0.6 is 28.3 Å². The highest BCUT2D eigenvalue weighted by Gasteiger charge is 2.06. The van der Waals surface area contributed by atoms with E-state index in [4.69, 9.17) is 10.5 Å². The van der Waals surface area contributed by atoms with E-state index in [1.165, 1.54) is 11.3 Å². The molecule has 3 N–H and O–H groups in total. The van der Waals surface area contributed by atoms with E-state index >= 15 is 0 Å². The molecule has 0 spiro atoms. The van der Waals surface area contributed by atoms with Gasteiger partial charge in [0.1, 0.15) is 5.75 Å². The van der Waals surface area contributed by atoms with E-state index in [1.54, 1.807) is 0 Å². The van der Waals surface area contributed by atoms with Crippen LogP contribution in [0.25, 0.3) is 11.3 Å². The van der Waals surface area contributed by atoms with Gasteiger partial charge in [-0.05, 0) is 50.3 Å². The molecule has 0 radical (unpaired) electrons. The lowest BCUT2D eigenvalue weighted by Gasteiger charge is -2.10. The number of benzene rings is 2. The summed E-state index contributed by atoms with van der Waals surface area (Å²) in [6, 6.07) is 18.0. The number of anilines is 1. The van der Waals surface area contributed by atoms with Crippen molar-refractivity contribution in [3.05, 3.63) is 65.5 Å². The van der Waals surface area contributed by atoms with Gasteiger partial charge in [-0.3, -0.25) is 0 Å². The Morgan fingerprint density at radius 1 is 1.13 bits per heavy atom. The Kier molecular flexibility index (Phi) is 9.79. The van der Waals surface area contributed by atoms with Crippen LogP contribution in [-0.2, 0) is 6.54 Å². The molecule has 0 aliphatic rings. The summed E-state index contributed by atoms with van der Waals surface area (Å²) in [6.45, 7) is 2.27. The van der Waals surface area contributed by atoms with Crippen LogP contribution in [-0.4, -0.2) is 43.1 Å². The number of halogens is 1. The van der Waals surface area contributed by atoms with Crippen molar-refractivity contribution in [2.45, 2.75) is 13.0 Å². The molecule has 0 amide bonds. The number of rotatable bonds is 9. The maximum Gasteiger partial charge on any atom is 0.195 e. The van der Waals surface area contributed by atoms with Gasteiger partial charge in [0.25, 0.3) is 0 Å². The molecule has 0 saturated heterocycles. The van der Waals surface area contributed by atoms with E-state index in [9.17, 15) is 0 Å². The maximum atomic E-state index is 5.98. The lowest BCUT2D eigenvalue weighted by atomic mass is 10.2. The molecular formula is C22H28BrN5OS. The summed E-state index contributed by atoms with van der Waals surface area (Å²) in [7, 11) is 4.13. The molecular weight excluding hydrogens is 462 g/mol. The summed E-state index contributed by atoms with van der Waals surface area (Å²) in [5.41, 5.74) is 9.03. The van der Waals surface area contributed by atoms with Crippen LogP contribution in [0.5, 0.6) is 5.75 Å². The van der Waals surface area contributed by atoms with Gasteiger partial charge < -0.3 is 20.7 Å². The van der Waals surface area contributed by atoms with Gasteiger partial charge in [-0.2, -0.15) is 0 Å². The molecule has 0 unspecified atom stereocenters. The van der Waals surface area contributed by atoms with Crippen molar-refractivity contribution in [1.29, 1.82) is 0 Å². The molecule has 1 heterocycles. The van der Waals surface area contributed by atoms with Gasteiger partial charge >= 0.3 is 0 Å². The van der Waals surface area contributed by atoms with E-state index in [-0.39, 0.29) is 17.0 Å². The molecule has 0 atom stereocenters. The topological polar surface area (TPSA) is 75.8 Å². The fourth-order valence-electron chi connectivity index (χ4n) is 2.67. The van der Waals surface area contributed by atoms with E-state index in [0.29, 0.717) is 19.1 Å². The second-order valence-electron chi connectivity index (χ2n) is 6.88. The molecule has 1 aromatic heterocycles. The van der Waals surface area contributed by atoms with Crippen LogP contribution in [0.1, 0.15) is 12.0 Å². The number of thiazole rings is 1. The molecule has 3 rings (SSSR count). The fourth-order valence-corrected chi connectivity index (χ4v) is 3.39. The Hall–Kier alpha value is -2.42. The third-order valence-corrected chi connectivity index (χ3v) is 4.94. The third-order valence-electron chi connectivity index (χ3n) is 4.18. The van der Waals surface area contributed by atoms with Gasteiger partial charge in [0.2, 0.25) is 0 Å². The van der Waals surface area contributed by atoms with E-state index < -0.39 is 0 Å². The van der Waals surface area contributed by atoms with Crippen LogP contribution in [0, 0.1) is 0 Å². The molecule has 30 heavy (non-hydrogen) atoms. The van der Waals surface area contributed by atoms with Crippen molar-refractivity contribution < 1.29 is 4.74 Å². The predicted octanol–water partition coefficient (Wildman–Crippen LogP) is 4.65. The molecule has 2 aromatic carbocycles. The summed E-state index contributed by atoms with van der Waals surface area (Å²) in [4.78, 5) is 11.1. The molecule has 0 saturated carbocycles. The van der Waals surface area contributed by atoms with Crippen LogP contribution < -0.4 is 15.8 Å². The zero-order chi connectivity index (χ0) is 20.5. The Bertz CT molecular complexity index is 913. The summed E-state index contributed by atoms with van der Waals surface area (Å²) < 4.78 is 5.78. The quantitative estimate of drug-likeness (QED) is 0.260. The molecule has 3 aromatic rings. The number of nitrogens with two attached hydrogens (primary N) is 1. The van der Waals surface area contributed by atoms with Gasteiger partial charge in [0.05, 0.1) is 18.8 Å². The van der Waals surface area contributed by atoms with Gasteiger partial charge in [-0.15, -0.1) is 28.3 Å². The Morgan fingerprint density at radius 2 is 1.87 bits per heavy atom. The number of aromatic nitrogens is 1. The zero-order valence-electron chi connectivity index (χ0n) is 17.2. The molecule has 6 nitrogen and oxygen atoms in total. The molecule has 8 heteroatoms. The second kappa shape index (κ2) is 12.3. The lowest BCUT2D eigenvalue weighted by Crippen LogP contribution is -2.22. The second-order valence-corrected chi connectivity index (χ2v) is 7.74. The van der Waals surface area contributed by atoms with Crippen LogP contribution in [0.15, 0.2) is 65.0 Å². The highest BCUT2D eigenvalue weighted by Crippen LogP contribution is 2.26. The average molecular weight is 490 g/mol. The van der Waals surface area contributed by atoms with Crippen molar-refractivity contribution in [2.24, 2.45) is 10.7 Å². The first-order valence-electron chi connectivity index (χ1n) is 9.54. The minimum Gasteiger partial charge on any atom is -0.494 e. The number of nitrogens with zero attached hydrogens (tertiary/aromatic N) is 3. The van der Waals surface area contributed by atoms with Crippen LogP contribution in [0.4, 0.5) is 5.13 Å². The average Bonchev–Trinajstić information content (AvgIpc) is 3.19. The summed E-state index contributed by atoms with van der Waals surface area (Å²) in [5, 5.41) is 5.78. The molecule has 0 fully saturated rings. The highest BCUT2D eigenvalue weighted by atomic mass is 79.9. The lowest BCUT2D eigenvalue weighted by molar-refractivity contribution is 0.281. The molecule has 160 valence electrons. The SMILES string of the molecule is Br.CN(C)CCCOc1ccc(-c2csc(NC(N)=NCc3ccccc3)n2)cc1. The Labute approximate surface area is 192 Å². The van der Waals surface area contributed by atoms with Crippen molar-refractivity contribution in [3.8, 4) is 17.0 Å². The minimum atomic E-state index is 0. The van der Waals surface area contributed by atoms with Crippen molar-refractivity contribution in [1.82, 2.24) is 9.88 Å². The van der Waals surface area contributed by atoms with Gasteiger partial charge in [0.15, 0.2) is 11.1 Å². The predicted molar refractivity (Wildman–Crippen MR) is 132 cm³/mol. The van der Waals surface area contributed by atoms with Crippen LogP contribution in [0.3, 0.4) is 0 Å². The first-order chi connectivity index (χ1) is 14.1. The molecule has 0 aliphatic carbocycles. The monoisotopic (exact) mass is 489 g/mol. The van der Waals surface area contributed by atoms with Crippen LogP contribution in [0.2, 0.25) is 0 Å². The first kappa shape index (κ1) is 23.9. The number of ether oxygens (including phenoxy) is 1. The van der Waals surface area contributed by atoms with Gasteiger partial charge in [-0.1, -0.05) is 30.3 Å². The number of guanidine groups is 1. The first-order valence-corrected chi connectivity index (χ1v) is 10.4. The number of nitrogens with one attached hydrogen (secondary N) is 1. The minimum absolute atomic E-state index is 0. The Balaban J connectivity index is 0.00000320. The van der Waals surface area contributed by atoms with Crippen molar-refractivity contribution in [2.75, 3.05) is 32.6 Å². The summed E-state index contributed by atoms with van der Waals surface area (Å²) >= 11 is 1.50.